The topological polar surface area (TPSA) is 81.9 Å². The highest BCUT2D eigenvalue weighted by atomic mass is 16.5. The number of hydrogen-bond acceptors (Lipinski definition) is 4. The second kappa shape index (κ2) is 5.40. The molecule has 0 bridgehead atoms. The van der Waals surface area contributed by atoms with Crippen molar-refractivity contribution in [1.82, 2.24) is 19.3 Å². The number of H-pyrrole nitrogens is 1. The van der Waals surface area contributed by atoms with Gasteiger partial charge in [-0.25, -0.2) is 4.79 Å². The van der Waals surface area contributed by atoms with Gasteiger partial charge in [-0.2, -0.15) is 5.10 Å². The summed E-state index contributed by atoms with van der Waals surface area (Å²) in [6.07, 6.45) is 0.662. The first-order valence-corrected chi connectivity index (χ1v) is 6.36. The number of hydrogen-bond donors (Lipinski definition) is 1. The van der Waals surface area contributed by atoms with Crippen molar-refractivity contribution in [3.05, 3.63) is 26.5 Å². The monoisotopic (exact) mass is 266 g/mol. The van der Waals surface area contributed by atoms with Crippen LogP contribution in [0.2, 0.25) is 0 Å². The van der Waals surface area contributed by atoms with Crippen molar-refractivity contribution in [2.24, 2.45) is 7.05 Å². The number of nitrogens with zero attached hydrogens (tertiary/aromatic N) is 3. The van der Waals surface area contributed by atoms with Crippen LogP contribution in [0.4, 0.5) is 0 Å². The van der Waals surface area contributed by atoms with Gasteiger partial charge in [0.1, 0.15) is 0 Å². The second-order valence-electron chi connectivity index (χ2n) is 4.24. The highest BCUT2D eigenvalue weighted by Crippen LogP contribution is 2.13. The lowest BCUT2D eigenvalue weighted by molar-refractivity contribution is 0.137. The molecular weight excluding hydrogens is 248 g/mol. The van der Waals surface area contributed by atoms with Gasteiger partial charge in [0.25, 0.3) is 5.56 Å². The van der Waals surface area contributed by atoms with E-state index in [-0.39, 0.29) is 0 Å². The van der Waals surface area contributed by atoms with Crippen LogP contribution in [0, 0.1) is 0 Å². The summed E-state index contributed by atoms with van der Waals surface area (Å²) in [5.74, 6) is 0. The molecule has 0 radical (unpaired) electrons. The Kier molecular flexibility index (Phi) is 3.84. The van der Waals surface area contributed by atoms with Crippen LogP contribution < -0.4 is 11.2 Å². The van der Waals surface area contributed by atoms with Crippen LogP contribution in [-0.4, -0.2) is 32.5 Å². The predicted molar refractivity (Wildman–Crippen MR) is 71.5 cm³/mol. The van der Waals surface area contributed by atoms with Gasteiger partial charge >= 0.3 is 5.69 Å². The largest absolute Gasteiger partial charge is 0.380 e. The highest BCUT2D eigenvalue weighted by molar-refractivity contribution is 5.77. The van der Waals surface area contributed by atoms with Crippen molar-refractivity contribution in [3.63, 3.8) is 0 Å². The first-order valence-electron chi connectivity index (χ1n) is 6.36. The fraction of sp³-hybridized carbons (Fsp3) is 0.583. The van der Waals surface area contributed by atoms with Crippen LogP contribution in [0.1, 0.15) is 19.5 Å². The summed E-state index contributed by atoms with van der Waals surface area (Å²) in [5.41, 5.74) is 0.960. The molecule has 0 fully saturated rings. The van der Waals surface area contributed by atoms with E-state index in [9.17, 15) is 9.59 Å². The standard InChI is InChI=1S/C12H18N4O3/c1-4-8-9-10(11(17)13-12(18)15(9)3)16(14-8)6-7-19-5-2/h4-7H2,1-3H3,(H,13,17,18). The van der Waals surface area contributed by atoms with Gasteiger partial charge in [-0.3, -0.25) is 19.0 Å². The van der Waals surface area contributed by atoms with Crippen LogP contribution in [0.3, 0.4) is 0 Å². The average molecular weight is 266 g/mol. The van der Waals surface area contributed by atoms with Crippen LogP contribution in [-0.2, 0) is 24.8 Å². The number of aryl methyl sites for hydroxylation is 2. The lowest BCUT2D eigenvalue weighted by Crippen LogP contribution is -2.29. The smallest absolute Gasteiger partial charge is 0.328 e. The summed E-state index contributed by atoms with van der Waals surface area (Å²) in [4.78, 5) is 25.9. The molecule has 1 N–H and O–H groups in total. The van der Waals surface area contributed by atoms with Crippen molar-refractivity contribution in [2.45, 2.75) is 26.8 Å². The zero-order chi connectivity index (χ0) is 14.0. The highest BCUT2D eigenvalue weighted by Gasteiger charge is 2.16. The molecular formula is C12H18N4O3. The molecule has 0 aliphatic heterocycles. The molecule has 0 unspecified atom stereocenters. The maximum atomic E-state index is 12.0. The predicted octanol–water partition coefficient (Wildman–Crippen LogP) is 0.0222. The lowest BCUT2D eigenvalue weighted by Gasteiger charge is -2.03. The summed E-state index contributed by atoms with van der Waals surface area (Å²) in [6, 6.07) is 0. The fourth-order valence-electron chi connectivity index (χ4n) is 2.12. The number of rotatable bonds is 5. The van der Waals surface area contributed by atoms with Gasteiger partial charge in [0.2, 0.25) is 0 Å². The molecule has 0 aromatic carbocycles. The molecule has 0 spiro atoms. The quantitative estimate of drug-likeness (QED) is 0.774. The van der Waals surface area contributed by atoms with Crippen molar-refractivity contribution in [1.29, 1.82) is 0 Å². The molecule has 0 saturated heterocycles. The van der Waals surface area contributed by atoms with Gasteiger partial charge in [-0.05, 0) is 13.3 Å². The van der Waals surface area contributed by atoms with Crippen molar-refractivity contribution in [3.8, 4) is 0 Å². The Labute approximate surface area is 109 Å². The van der Waals surface area contributed by atoms with E-state index in [1.54, 1.807) is 11.7 Å². The SMILES string of the molecule is CCOCCn1nc(CC)c2c1c(=O)[nH]c(=O)n2C. The van der Waals surface area contributed by atoms with Gasteiger partial charge in [-0.15, -0.1) is 0 Å². The van der Waals surface area contributed by atoms with Crippen molar-refractivity contribution < 1.29 is 4.74 Å². The van der Waals surface area contributed by atoms with Gasteiger partial charge in [-0.1, -0.05) is 6.92 Å². The molecule has 0 atom stereocenters. The van der Waals surface area contributed by atoms with E-state index in [1.807, 2.05) is 13.8 Å². The Balaban J connectivity index is 2.64. The first kappa shape index (κ1) is 13.5. The molecule has 0 aliphatic rings. The van der Waals surface area contributed by atoms with Crippen molar-refractivity contribution >= 4 is 11.0 Å². The van der Waals surface area contributed by atoms with Gasteiger partial charge in [0, 0.05) is 13.7 Å². The second-order valence-corrected chi connectivity index (χ2v) is 4.24. The van der Waals surface area contributed by atoms with Gasteiger partial charge in [0.15, 0.2) is 5.52 Å². The zero-order valence-electron chi connectivity index (χ0n) is 11.4. The van der Waals surface area contributed by atoms with E-state index in [1.165, 1.54) is 4.57 Å². The third kappa shape index (κ3) is 2.33. The van der Waals surface area contributed by atoms with Gasteiger partial charge < -0.3 is 4.74 Å². The van der Waals surface area contributed by atoms with Crippen LogP contribution >= 0.6 is 0 Å². The molecule has 2 aromatic rings. The molecule has 2 heterocycles. The molecule has 2 rings (SSSR count). The third-order valence-corrected chi connectivity index (χ3v) is 3.06. The number of aromatic amines is 1. The van der Waals surface area contributed by atoms with Gasteiger partial charge in [0.05, 0.1) is 24.4 Å². The summed E-state index contributed by atoms with van der Waals surface area (Å²) in [6.45, 7) is 5.45. The minimum atomic E-state index is -0.420. The zero-order valence-corrected chi connectivity index (χ0v) is 11.4. The molecule has 7 nitrogen and oxygen atoms in total. The van der Waals surface area contributed by atoms with E-state index in [2.05, 4.69) is 10.1 Å². The molecule has 19 heavy (non-hydrogen) atoms. The maximum Gasteiger partial charge on any atom is 0.328 e. The summed E-state index contributed by atoms with van der Waals surface area (Å²) in [7, 11) is 1.63. The van der Waals surface area contributed by atoms with Crippen molar-refractivity contribution in [2.75, 3.05) is 13.2 Å². The molecule has 2 aromatic heterocycles. The van der Waals surface area contributed by atoms with E-state index in [4.69, 9.17) is 4.74 Å². The molecule has 0 aliphatic carbocycles. The average Bonchev–Trinajstić information content (AvgIpc) is 2.76. The Bertz CT molecular complexity index is 695. The summed E-state index contributed by atoms with van der Waals surface area (Å²) < 4.78 is 8.32. The minimum Gasteiger partial charge on any atom is -0.380 e. The number of ether oxygens (including phenoxy) is 1. The minimum absolute atomic E-state index is 0.401. The normalized spacial score (nSPS) is 11.3. The fourth-order valence-corrected chi connectivity index (χ4v) is 2.12. The third-order valence-electron chi connectivity index (χ3n) is 3.06. The maximum absolute atomic E-state index is 12.0. The van der Waals surface area contributed by atoms with E-state index >= 15 is 0 Å². The Morgan fingerprint density at radius 2 is 2.00 bits per heavy atom. The van der Waals surface area contributed by atoms with E-state index in [0.29, 0.717) is 37.2 Å². The van der Waals surface area contributed by atoms with Crippen LogP contribution in [0.15, 0.2) is 9.59 Å². The Morgan fingerprint density at radius 1 is 1.26 bits per heavy atom. The number of fused-ring (bicyclic) bond motifs is 1. The Hall–Kier alpha value is -1.89. The van der Waals surface area contributed by atoms with E-state index in [0.717, 1.165) is 5.69 Å². The van der Waals surface area contributed by atoms with Crippen LogP contribution in [0.25, 0.3) is 11.0 Å². The molecule has 0 saturated carbocycles. The number of aromatic nitrogens is 4. The summed E-state index contributed by atoms with van der Waals surface area (Å²) >= 11 is 0. The van der Waals surface area contributed by atoms with E-state index < -0.39 is 11.2 Å². The summed E-state index contributed by atoms with van der Waals surface area (Å²) in [5, 5.41) is 4.40. The molecule has 0 amide bonds. The molecule has 7 heteroatoms. The van der Waals surface area contributed by atoms with Crippen LogP contribution in [0.5, 0.6) is 0 Å². The molecule has 104 valence electrons. The Morgan fingerprint density at radius 3 is 2.63 bits per heavy atom. The first-order chi connectivity index (χ1) is 9.10. The number of nitrogens with one attached hydrogen (secondary N) is 1. The lowest BCUT2D eigenvalue weighted by atomic mass is 10.3.